The summed E-state index contributed by atoms with van der Waals surface area (Å²) in [4.78, 5) is 23.5. The molecule has 0 aliphatic carbocycles. The highest BCUT2D eigenvalue weighted by atomic mass is 16.7. The van der Waals surface area contributed by atoms with Crippen molar-refractivity contribution >= 4 is 16.9 Å². The Morgan fingerprint density at radius 3 is 2.54 bits per heavy atom. The molecule has 2 heterocycles. The number of ether oxygens (including phenoxy) is 2. The van der Waals surface area contributed by atoms with Crippen LogP contribution in [0.3, 0.4) is 0 Å². The summed E-state index contributed by atoms with van der Waals surface area (Å²) in [6.45, 7) is 4.57. The molecular formula is C20H19N3O3. The first-order valence-corrected chi connectivity index (χ1v) is 8.40. The molecule has 1 aliphatic rings. The lowest BCUT2D eigenvalue weighted by atomic mass is 10.1. The van der Waals surface area contributed by atoms with Crippen LogP contribution in [0.25, 0.3) is 11.0 Å². The van der Waals surface area contributed by atoms with Gasteiger partial charge in [-0.3, -0.25) is 4.79 Å². The molecule has 1 amide bonds. The fourth-order valence-electron chi connectivity index (χ4n) is 2.97. The molecule has 0 fully saturated rings. The largest absolute Gasteiger partial charge is 0.454 e. The van der Waals surface area contributed by atoms with Gasteiger partial charge in [0.1, 0.15) is 0 Å². The van der Waals surface area contributed by atoms with Gasteiger partial charge in [-0.25, -0.2) is 9.97 Å². The average Bonchev–Trinajstić information content (AvgIpc) is 3.09. The van der Waals surface area contributed by atoms with Crippen LogP contribution in [0.4, 0.5) is 0 Å². The number of hydrogen-bond donors (Lipinski definition) is 0. The van der Waals surface area contributed by atoms with Crippen LogP contribution in [-0.2, 0) is 6.54 Å². The zero-order chi connectivity index (χ0) is 18.3. The van der Waals surface area contributed by atoms with Gasteiger partial charge in [-0.05, 0) is 49.7 Å². The molecular weight excluding hydrogens is 330 g/mol. The minimum atomic E-state index is -0.0652. The fraction of sp³-hybridized carbons (Fsp3) is 0.250. The van der Waals surface area contributed by atoms with Crippen molar-refractivity contribution in [3.63, 3.8) is 0 Å². The molecule has 0 spiro atoms. The summed E-state index contributed by atoms with van der Waals surface area (Å²) in [5.41, 5.74) is 4.88. The Kier molecular flexibility index (Phi) is 3.95. The monoisotopic (exact) mass is 349 g/mol. The predicted molar refractivity (Wildman–Crippen MR) is 97.4 cm³/mol. The first-order chi connectivity index (χ1) is 12.5. The number of aryl methyl sites for hydroxylation is 2. The van der Waals surface area contributed by atoms with Crippen LogP contribution < -0.4 is 9.47 Å². The molecule has 3 aromatic rings. The molecule has 2 aromatic carbocycles. The first-order valence-electron chi connectivity index (χ1n) is 8.40. The van der Waals surface area contributed by atoms with Gasteiger partial charge in [-0.15, -0.1) is 0 Å². The molecule has 0 unspecified atom stereocenters. The number of carbonyl (C=O) groups is 1. The number of amides is 1. The van der Waals surface area contributed by atoms with Crippen molar-refractivity contribution in [3.8, 4) is 11.5 Å². The molecule has 0 atom stereocenters. The lowest BCUT2D eigenvalue weighted by Gasteiger charge is -2.18. The molecule has 132 valence electrons. The van der Waals surface area contributed by atoms with E-state index in [4.69, 9.17) is 9.47 Å². The van der Waals surface area contributed by atoms with Gasteiger partial charge in [0.05, 0.1) is 22.4 Å². The van der Waals surface area contributed by atoms with Crippen molar-refractivity contribution in [1.29, 1.82) is 0 Å². The summed E-state index contributed by atoms with van der Waals surface area (Å²) in [6, 6.07) is 11.2. The minimum absolute atomic E-state index is 0.0652. The third-order valence-corrected chi connectivity index (χ3v) is 4.53. The Morgan fingerprint density at radius 1 is 1.00 bits per heavy atom. The normalized spacial score (nSPS) is 12.4. The molecule has 0 saturated carbocycles. The van der Waals surface area contributed by atoms with E-state index in [1.165, 1.54) is 0 Å². The Hall–Kier alpha value is -3.15. The summed E-state index contributed by atoms with van der Waals surface area (Å²) in [5, 5.41) is 0. The van der Waals surface area contributed by atoms with Crippen molar-refractivity contribution in [2.24, 2.45) is 0 Å². The topological polar surface area (TPSA) is 64.6 Å². The summed E-state index contributed by atoms with van der Waals surface area (Å²) >= 11 is 0. The third kappa shape index (κ3) is 2.94. The molecule has 1 aromatic heterocycles. The van der Waals surface area contributed by atoms with Crippen LogP contribution in [0.2, 0.25) is 0 Å². The van der Waals surface area contributed by atoms with E-state index >= 15 is 0 Å². The number of rotatable bonds is 3. The van der Waals surface area contributed by atoms with Crippen molar-refractivity contribution in [1.82, 2.24) is 14.9 Å². The van der Waals surface area contributed by atoms with Gasteiger partial charge in [0.15, 0.2) is 11.5 Å². The Labute approximate surface area is 151 Å². The van der Waals surface area contributed by atoms with Crippen LogP contribution in [0.5, 0.6) is 11.5 Å². The van der Waals surface area contributed by atoms with E-state index in [9.17, 15) is 4.79 Å². The van der Waals surface area contributed by atoms with Gasteiger partial charge in [-0.1, -0.05) is 6.07 Å². The predicted octanol–water partition coefficient (Wildman–Crippen LogP) is 3.25. The lowest BCUT2D eigenvalue weighted by Crippen LogP contribution is -2.26. The molecule has 0 bridgehead atoms. The molecule has 26 heavy (non-hydrogen) atoms. The SMILES string of the molecule is Cc1nc2ccc(C(=O)N(C)Cc3ccc4c(c3)OCO4)cc2nc1C. The second-order valence-electron chi connectivity index (χ2n) is 6.45. The number of fused-ring (bicyclic) bond motifs is 2. The number of hydrogen-bond acceptors (Lipinski definition) is 5. The molecule has 4 rings (SSSR count). The van der Waals surface area contributed by atoms with Crippen molar-refractivity contribution in [2.75, 3.05) is 13.8 Å². The highest BCUT2D eigenvalue weighted by molar-refractivity contribution is 5.97. The van der Waals surface area contributed by atoms with Crippen molar-refractivity contribution in [2.45, 2.75) is 20.4 Å². The Morgan fingerprint density at radius 2 is 1.73 bits per heavy atom. The zero-order valence-electron chi connectivity index (χ0n) is 14.9. The summed E-state index contributed by atoms with van der Waals surface area (Å²) < 4.78 is 10.7. The van der Waals surface area contributed by atoms with E-state index in [0.29, 0.717) is 12.1 Å². The van der Waals surface area contributed by atoms with Crippen molar-refractivity contribution in [3.05, 3.63) is 58.9 Å². The third-order valence-electron chi connectivity index (χ3n) is 4.53. The van der Waals surface area contributed by atoms with Crippen molar-refractivity contribution < 1.29 is 14.3 Å². The van der Waals surface area contributed by atoms with Gasteiger partial charge in [-0.2, -0.15) is 0 Å². The number of benzene rings is 2. The summed E-state index contributed by atoms with van der Waals surface area (Å²) in [5.74, 6) is 1.39. The van der Waals surface area contributed by atoms with E-state index in [-0.39, 0.29) is 12.7 Å². The molecule has 0 saturated heterocycles. The highest BCUT2D eigenvalue weighted by Crippen LogP contribution is 2.32. The standard InChI is InChI=1S/C20H19N3O3/c1-12-13(2)22-17-9-15(5-6-16(17)21-12)20(24)23(3)10-14-4-7-18-19(8-14)26-11-25-18/h4-9H,10-11H2,1-3H3. The maximum atomic E-state index is 12.8. The lowest BCUT2D eigenvalue weighted by molar-refractivity contribution is 0.0785. The van der Waals surface area contributed by atoms with Gasteiger partial charge >= 0.3 is 0 Å². The van der Waals surface area contributed by atoms with E-state index in [2.05, 4.69) is 9.97 Å². The van der Waals surface area contributed by atoms with Crippen LogP contribution in [0.1, 0.15) is 27.3 Å². The van der Waals surface area contributed by atoms with Crippen LogP contribution in [0.15, 0.2) is 36.4 Å². The van der Waals surface area contributed by atoms with E-state index < -0.39 is 0 Å². The molecule has 0 N–H and O–H groups in total. The van der Waals surface area contributed by atoms with E-state index in [1.807, 2.05) is 38.1 Å². The second-order valence-corrected chi connectivity index (χ2v) is 6.45. The number of aromatic nitrogens is 2. The van der Waals surface area contributed by atoms with Gasteiger partial charge in [0.2, 0.25) is 6.79 Å². The average molecular weight is 349 g/mol. The fourth-order valence-corrected chi connectivity index (χ4v) is 2.97. The Bertz CT molecular complexity index is 1020. The van der Waals surface area contributed by atoms with Gasteiger partial charge in [0, 0.05) is 19.2 Å². The maximum Gasteiger partial charge on any atom is 0.253 e. The van der Waals surface area contributed by atoms with E-state index in [0.717, 1.165) is 39.5 Å². The van der Waals surface area contributed by atoms with Gasteiger partial charge in [0.25, 0.3) is 5.91 Å². The molecule has 0 radical (unpaired) electrons. The number of carbonyl (C=O) groups excluding carboxylic acids is 1. The number of nitrogens with zero attached hydrogens (tertiary/aromatic N) is 3. The quantitative estimate of drug-likeness (QED) is 0.726. The first kappa shape index (κ1) is 16.3. The minimum Gasteiger partial charge on any atom is -0.454 e. The second kappa shape index (κ2) is 6.29. The molecule has 6 heteroatoms. The smallest absolute Gasteiger partial charge is 0.253 e. The maximum absolute atomic E-state index is 12.8. The van der Waals surface area contributed by atoms with Crippen LogP contribution in [0, 0.1) is 13.8 Å². The van der Waals surface area contributed by atoms with Gasteiger partial charge < -0.3 is 14.4 Å². The summed E-state index contributed by atoms with van der Waals surface area (Å²) in [7, 11) is 1.78. The van der Waals surface area contributed by atoms with Crippen LogP contribution in [-0.4, -0.2) is 34.6 Å². The van der Waals surface area contributed by atoms with Crippen LogP contribution >= 0.6 is 0 Å². The molecule has 6 nitrogen and oxygen atoms in total. The highest BCUT2D eigenvalue weighted by Gasteiger charge is 2.17. The Balaban J connectivity index is 1.56. The molecule has 1 aliphatic heterocycles. The van der Waals surface area contributed by atoms with E-state index in [1.54, 1.807) is 24.1 Å². The zero-order valence-corrected chi connectivity index (χ0v) is 14.9. The summed E-state index contributed by atoms with van der Waals surface area (Å²) in [6.07, 6.45) is 0.